The van der Waals surface area contributed by atoms with Crippen LogP contribution in [0.3, 0.4) is 0 Å². The van der Waals surface area contributed by atoms with Gasteiger partial charge in [0.1, 0.15) is 0 Å². The van der Waals surface area contributed by atoms with Crippen LogP contribution in [0.15, 0.2) is 48.5 Å². The van der Waals surface area contributed by atoms with Crippen LogP contribution in [-0.2, 0) is 6.42 Å². The van der Waals surface area contributed by atoms with Crippen molar-refractivity contribution < 1.29 is 4.79 Å². The van der Waals surface area contributed by atoms with Gasteiger partial charge in [-0.2, -0.15) is 0 Å². The second-order valence-corrected chi connectivity index (χ2v) is 6.89. The van der Waals surface area contributed by atoms with Gasteiger partial charge in [0.25, 0.3) is 5.91 Å². The van der Waals surface area contributed by atoms with Crippen LogP contribution < -0.4 is 4.90 Å². The maximum atomic E-state index is 12.9. The van der Waals surface area contributed by atoms with E-state index in [1.807, 2.05) is 35.2 Å². The minimum Gasteiger partial charge on any atom is -0.307 e. The van der Waals surface area contributed by atoms with Crippen LogP contribution in [0.1, 0.15) is 33.8 Å². The monoisotopic (exact) mass is 306 g/mol. The van der Waals surface area contributed by atoms with Crippen LogP contribution in [0.5, 0.6) is 0 Å². The van der Waals surface area contributed by atoms with Gasteiger partial charge in [0, 0.05) is 29.8 Å². The lowest BCUT2D eigenvalue weighted by Crippen LogP contribution is -2.36. The number of rotatable bonds is 2. The molecule has 2 aromatic carbocycles. The normalized spacial score (nSPS) is 22.3. The van der Waals surface area contributed by atoms with Crippen LogP contribution in [0, 0.1) is 0 Å². The van der Waals surface area contributed by atoms with Gasteiger partial charge in [-0.15, -0.1) is 0 Å². The Kier molecular flexibility index (Phi) is 3.46. The molecule has 0 spiro atoms. The zero-order valence-corrected chi connectivity index (χ0v) is 13.7. The number of likely N-dealkylation sites (N-methyl/N-ethyl adjacent to an activating group) is 1. The number of carbonyl (C=O) groups is 1. The molecule has 3 heteroatoms. The summed E-state index contributed by atoms with van der Waals surface area (Å²) in [7, 11) is 4.31. The van der Waals surface area contributed by atoms with Gasteiger partial charge in [-0.1, -0.05) is 30.3 Å². The molecule has 0 N–H and O–H groups in total. The molecule has 23 heavy (non-hydrogen) atoms. The fourth-order valence-corrected chi connectivity index (χ4v) is 4.07. The molecule has 3 nitrogen and oxygen atoms in total. The number of anilines is 1. The van der Waals surface area contributed by atoms with E-state index in [0.29, 0.717) is 12.0 Å². The first-order chi connectivity index (χ1) is 11.1. The van der Waals surface area contributed by atoms with Gasteiger partial charge in [-0.3, -0.25) is 4.79 Å². The molecule has 118 valence electrons. The Bertz CT molecular complexity index is 739. The fraction of sp³-hybridized carbons (Fsp3) is 0.350. The SMILES string of the molecule is CN(C)[C@H]1Cc2cccc3c2[C@@H](C1)CN3C(=O)c1ccccc1. The summed E-state index contributed by atoms with van der Waals surface area (Å²) in [5, 5.41) is 0. The minimum atomic E-state index is 0.120. The summed E-state index contributed by atoms with van der Waals surface area (Å²) in [6.45, 7) is 0.810. The number of amides is 1. The third kappa shape index (κ3) is 2.36. The van der Waals surface area contributed by atoms with Crippen molar-refractivity contribution in [1.82, 2.24) is 4.90 Å². The highest BCUT2D eigenvalue weighted by atomic mass is 16.2. The summed E-state index contributed by atoms with van der Waals surface area (Å²) in [5.41, 5.74) is 4.72. The summed E-state index contributed by atoms with van der Waals surface area (Å²) >= 11 is 0. The highest BCUT2D eigenvalue weighted by Crippen LogP contribution is 2.45. The average molecular weight is 306 g/mol. The number of hydrogen-bond acceptors (Lipinski definition) is 2. The molecular weight excluding hydrogens is 284 g/mol. The van der Waals surface area contributed by atoms with Crippen molar-refractivity contribution in [3.63, 3.8) is 0 Å². The first-order valence-corrected chi connectivity index (χ1v) is 8.30. The van der Waals surface area contributed by atoms with Crippen LogP contribution in [0.25, 0.3) is 0 Å². The Balaban J connectivity index is 1.71. The van der Waals surface area contributed by atoms with E-state index in [9.17, 15) is 4.79 Å². The van der Waals surface area contributed by atoms with Crippen molar-refractivity contribution in [2.24, 2.45) is 0 Å². The minimum absolute atomic E-state index is 0.120. The van der Waals surface area contributed by atoms with Gasteiger partial charge >= 0.3 is 0 Å². The first kappa shape index (κ1) is 14.5. The molecule has 2 atom stereocenters. The lowest BCUT2D eigenvalue weighted by molar-refractivity contribution is 0.0987. The van der Waals surface area contributed by atoms with Crippen molar-refractivity contribution in [2.45, 2.75) is 24.8 Å². The Morgan fingerprint density at radius 2 is 1.87 bits per heavy atom. The predicted octanol–water partition coefficient (Wildman–Crippen LogP) is 3.31. The number of hydrogen-bond donors (Lipinski definition) is 0. The quantitative estimate of drug-likeness (QED) is 0.850. The topological polar surface area (TPSA) is 23.6 Å². The van der Waals surface area contributed by atoms with Crippen molar-refractivity contribution in [1.29, 1.82) is 0 Å². The van der Waals surface area contributed by atoms with E-state index in [-0.39, 0.29) is 5.91 Å². The molecule has 0 unspecified atom stereocenters. The zero-order chi connectivity index (χ0) is 16.0. The van der Waals surface area contributed by atoms with Crippen LogP contribution in [-0.4, -0.2) is 37.5 Å². The largest absolute Gasteiger partial charge is 0.307 e. The number of nitrogens with zero attached hydrogens (tertiary/aromatic N) is 2. The van der Waals surface area contributed by atoms with E-state index in [0.717, 1.165) is 30.6 Å². The molecule has 0 saturated carbocycles. The van der Waals surface area contributed by atoms with Gasteiger partial charge in [0.2, 0.25) is 0 Å². The van der Waals surface area contributed by atoms with E-state index in [1.165, 1.54) is 11.1 Å². The lowest BCUT2D eigenvalue weighted by atomic mass is 9.81. The second-order valence-electron chi connectivity index (χ2n) is 6.89. The molecule has 0 radical (unpaired) electrons. The van der Waals surface area contributed by atoms with Gasteiger partial charge in [-0.25, -0.2) is 0 Å². The van der Waals surface area contributed by atoms with E-state index < -0.39 is 0 Å². The Hall–Kier alpha value is -2.13. The van der Waals surface area contributed by atoms with Crippen molar-refractivity contribution in [3.8, 4) is 0 Å². The number of carbonyl (C=O) groups excluding carboxylic acids is 1. The Labute approximate surface area is 137 Å². The van der Waals surface area contributed by atoms with Gasteiger partial charge in [0.05, 0.1) is 0 Å². The molecule has 1 aliphatic heterocycles. The highest BCUT2D eigenvalue weighted by Gasteiger charge is 2.39. The summed E-state index contributed by atoms with van der Waals surface area (Å²) in [4.78, 5) is 17.2. The maximum absolute atomic E-state index is 12.9. The molecular formula is C20H22N2O. The van der Waals surface area contributed by atoms with Crippen LogP contribution >= 0.6 is 0 Å². The van der Waals surface area contributed by atoms with E-state index >= 15 is 0 Å². The molecule has 0 bridgehead atoms. The molecule has 1 aliphatic carbocycles. The molecule has 0 saturated heterocycles. The Morgan fingerprint density at radius 1 is 1.09 bits per heavy atom. The van der Waals surface area contributed by atoms with E-state index in [1.54, 1.807) is 0 Å². The predicted molar refractivity (Wildman–Crippen MR) is 93.1 cm³/mol. The van der Waals surface area contributed by atoms with Gasteiger partial charge < -0.3 is 9.80 Å². The molecule has 4 rings (SSSR count). The third-order valence-electron chi connectivity index (χ3n) is 5.28. The molecule has 1 amide bonds. The second kappa shape index (κ2) is 5.50. The first-order valence-electron chi connectivity index (χ1n) is 8.30. The highest BCUT2D eigenvalue weighted by molar-refractivity contribution is 6.07. The van der Waals surface area contributed by atoms with Gasteiger partial charge in [0.15, 0.2) is 0 Å². The number of benzene rings is 2. The molecule has 2 aliphatic rings. The molecule has 0 aromatic heterocycles. The molecule has 1 heterocycles. The van der Waals surface area contributed by atoms with Crippen molar-refractivity contribution in [3.05, 3.63) is 65.2 Å². The summed E-state index contributed by atoms with van der Waals surface area (Å²) in [6.07, 6.45) is 2.22. The average Bonchev–Trinajstić information content (AvgIpc) is 2.95. The lowest BCUT2D eigenvalue weighted by Gasteiger charge is -2.32. The smallest absolute Gasteiger partial charge is 0.258 e. The third-order valence-corrected chi connectivity index (χ3v) is 5.28. The summed E-state index contributed by atoms with van der Waals surface area (Å²) < 4.78 is 0. The molecule has 0 fully saturated rings. The fourth-order valence-electron chi connectivity index (χ4n) is 4.07. The maximum Gasteiger partial charge on any atom is 0.258 e. The van der Waals surface area contributed by atoms with E-state index in [4.69, 9.17) is 0 Å². The Morgan fingerprint density at radius 3 is 2.61 bits per heavy atom. The summed E-state index contributed by atoms with van der Waals surface area (Å²) in [6, 6.07) is 16.6. The zero-order valence-electron chi connectivity index (χ0n) is 13.7. The van der Waals surface area contributed by atoms with Crippen molar-refractivity contribution in [2.75, 3.05) is 25.5 Å². The molecule has 2 aromatic rings. The van der Waals surface area contributed by atoms with Crippen LogP contribution in [0.2, 0.25) is 0 Å². The van der Waals surface area contributed by atoms with Crippen molar-refractivity contribution >= 4 is 11.6 Å². The summed E-state index contributed by atoms with van der Waals surface area (Å²) in [5.74, 6) is 0.588. The standard InChI is InChI=1S/C20H22N2O/c1-21(2)17-11-15-9-6-10-18-19(15)16(12-17)13-22(18)20(23)14-7-4-3-5-8-14/h3-10,16-17H,11-13H2,1-2H3/t16-,17-/m0/s1. The van der Waals surface area contributed by atoms with Gasteiger partial charge in [-0.05, 0) is 56.3 Å². The van der Waals surface area contributed by atoms with E-state index in [2.05, 4.69) is 37.2 Å². The van der Waals surface area contributed by atoms with Crippen LogP contribution in [0.4, 0.5) is 5.69 Å².